The van der Waals surface area contributed by atoms with Gasteiger partial charge in [-0.25, -0.2) is 4.79 Å². The van der Waals surface area contributed by atoms with E-state index in [1.807, 2.05) is 26.0 Å². The van der Waals surface area contributed by atoms with Crippen molar-refractivity contribution in [2.45, 2.75) is 59.4 Å². The molecule has 0 radical (unpaired) electrons. The first-order valence-electron chi connectivity index (χ1n) is 15.4. The molecule has 0 aliphatic carbocycles. The van der Waals surface area contributed by atoms with Crippen LogP contribution in [0.15, 0.2) is 60.7 Å². The quantitative estimate of drug-likeness (QED) is 0.113. The Kier molecular flexibility index (Phi) is 13.6. The van der Waals surface area contributed by atoms with E-state index in [0.717, 1.165) is 11.1 Å². The zero-order chi connectivity index (χ0) is 36.2. The smallest absolute Gasteiger partial charge is 0.422 e. The van der Waals surface area contributed by atoms with E-state index in [4.69, 9.17) is 25.8 Å². The molecule has 1 aromatic heterocycles. The van der Waals surface area contributed by atoms with Crippen LogP contribution in [-0.2, 0) is 17.7 Å². The van der Waals surface area contributed by atoms with E-state index in [-0.39, 0.29) is 43.7 Å². The Bertz CT molecular complexity index is 1560. The summed E-state index contributed by atoms with van der Waals surface area (Å²) in [7, 11) is 0. The van der Waals surface area contributed by atoms with Gasteiger partial charge in [-0.2, -0.15) is 28.1 Å². The molecule has 2 aromatic carbocycles. The molecule has 0 aliphatic rings. The average Bonchev–Trinajstić information content (AvgIpc) is 3.03. The van der Waals surface area contributed by atoms with Gasteiger partial charge in [-0.05, 0) is 67.2 Å². The number of hydrogen-bond acceptors (Lipinski definition) is 9. The fourth-order valence-electron chi connectivity index (χ4n) is 3.94. The number of benzene rings is 2. The summed E-state index contributed by atoms with van der Waals surface area (Å²) in [4.78, 5) is 37.2. The van der Waals surface area contributed by atoms with E-state index in [1.165, 1.54) is 0 Å². The molecule has 0 fully saturated rings. The highest BCUT2D eigenvalue weighted by Crippen LogP contribution is 2.20. The summed E-state index contributed by atoms with van der Waals surface area (Å²) in [6.07, 6.45) is -4.99. The van der Waals surface area contributed by atoms with E-state index < -0.39 is 35.9 Å². The third-order valence-corrected chi connectivity index (χ3v) is 6.83. The summed E-state index contributed by atoms with van der Waals surface area (Å²) < 4.78 is 54.3. The number of halogens is 4. The zero-order valence-corrected chi connectivity index (χ0v) is 28.9. The molecule has 2 amide bonds. The van der Waals surface area contributed by atoms with Crippen molar-refractivity contribution >= 4 is 29.5 Å². The van der Waals surface area contributed by atoms with Crippen molar-refractivity contribution in [3.8, 4) is 11.8 Å². The van der Waals surface area contributed by atoms with Crippen LogP contribution in [0.5, 0.6) is 11.8 Å². The summed E-state index contributed by atoms with van der Waals surface area (Å²) in [6, 6.07) is 13.3. The van der Waals surface area contributed by atoms with Gasteiger partial charge in [0.15, 0.2) is 6.61 Å². The van der Waals surface area contributed by atoms with E-state index >= 15 is 0 Å². The number of nitrogens with zero attached hydrogens (tertiary/aromatic N) is 3. The third kappa shape index (κ3) is 15.0. The van der Waals surface area contributed by atoms with Crippen molar-refractivity contribution < 1.29 is 37.0 Å². The van der Waals surface area contributed by atoms with Gasteiger partial charge in [0.2, 0.25) is 5.95 Å². The highest BCUT2D eigenvalue weighted by molar-refractivity contribution is 6.19. The number of carbonyl (C=O) groups is 2. The van der Waals surface area contributed by atoms with E-state index in [0.29, 0.717) is 29.4 Å². The predicted molar refractivity (Wildman–Crippen MR) is 180 cm³/mol. The third-order valence-electron chi connectivity index (χ3n) is 6.45. The Labute approximate surface area is 289 Å². The van der Waals surface area contributed by atoms with Gasteiger partial charge in [0.1, 0.15) is 23.8 Å². The van der Waals surface area contributed by atoms with Gasteiger partial charge in [0.05, 0.1) is 0 Å². The Morgan fingerprint density at radius 3 is 2.10 bits per heavy atom. The topological polar surface area (TPSA) is 137 Å². The Morgan fingerprint density at radius 2 is 1.49 bits per heavy atom. The number of nitrogens with one attached hydrogen (secondary N) is 3. The molecule has 3 aromatic rings. The summed E-state index contributed by atoms with van der Waals surface area (Å²) >= 11 is 5.72. The molecule has 0 aliphatic heterocycles. The number of ether oxygens (including phenoxy) is 3. The maximum atomic E-state index is 12.9. The van der Waals surface area contributed by atoms with Crippen molar-refractivity contribution in [3.05, 3.63) is 83.2 Å². The van der Waals surface area contributed by atoms with Crippen LogP contribution in [0.2, 0.25) is 0 Å². The predicted octanol–water partition coefficient (Wildman–Crippen LogP) is 6.47. The second-order valence-corrected chi connectivity index (χ2v) is 13.3. The van der Waals surface area contributed by atoms with Gasteiger partial charge >= 0.3 is 18.3 Å². The lowest BCUT2D eigenvalue weighted by atomic mass is 9.93. The number of rotatable bonds is 16. The number of aromatic nitrogens is 3. The van der Waals surface area contributed by atoms with Crippen molar-refractivity contribution in [3.63, 3.8) is 0 Å². The molecule has 3 rings (SSSR count). The van der Waals surface area contributed by atoms with Crippen LogP contribution in [-0.4, -0.2) is 70.9 Å². The molecule has 0 atom stereocenters. The zero-order valence-electron chi connectivity index (χ0n) is 28.2. The van der Waals surface area contributed by atoms with E-state index in [9.17, 15) is 22.8 Å². The van der Waals surface area contributed by atoms with Gasteiger partial charge in [-0.15, -0.1) is 11.6 Å². The first kappa shape index (κ1) is 38.9. The molecule has 0 saturated carbocycles. The highest BCUT2D eigenvalue weighted by atomic mass is 35.5. The van der Waals surface area contributed by atoms with Crippen LogP contribution in [0, 0.1) is 5.41 Å². The van der Waals surface area contributed by atoms with E-state index in [1.54, 1.807) is 57.2 Å². The fraction of sp³-hybridized carbons (Fsp3) is 0.441. The van der Waals surface area contributed by atoms with Crippen LogP contribution in [0.3, 0.4) is 0 Å². The van der Waals surface area contributed by atoms with Crippen molar-refractivity contribution in [2.75, 3.05) is 37.5 Å². The number of amides is 2. The fourth-order valence-corrected chi connectivity index (χ4v) is 4.02. The SMILES string of the molecule is C=C(CCl)COc1ccc(CNc2nc(Cc3ccc(C(=O)NCC(C)(C)CNC(=O)OC(C)(C)C)cc3)nc(OCC(F)(F)F)n2)cc1. The van der Waals surface area contributed by atoms with E-state index in [2.05, 4.69) is 37.5 Å². The lowest BCUT2D eigenvalue weighted by molar-refractivity contribution is -0.154. The first-order valence-corrected chi connectivity index (χ1v) is 15.9. The molecule has 0 spiro atoms. The summed E-state index contributed by atoms with van der Waals surface area (Å²) in [6.45, 7) is 12.5. The second-order valence-electron chi connectivity index (χ2n) is 13.0. The van der Waals surface area contributed by atoms with Crippen molar-refractivity contribution in [1.29, 1.82) is 0 Å². The van der Waals surface area contributed by atoms with Crippen LogP contribution in [0.4, 0.5) is 23.9 Å². The average molecular weight is 707 g/mol. The van der Waals surface area contributed by atoms with Crippen LogP contribution >= 0.6 is 11.6 Å². The van der Waals surface area contributed by atoms with Gasteiger partial charge in [-0.3, -0.25) is 4.79 Å². The minimum atomic E-state index is -4.58. The van der Waals surface area contributed by atoms with Gasteiger partial charge < -0.3 is 30.2 Å². The second kappa shape index (κ2) is 17.2. The van der Waals surface area contributed by atoms with Crippen molar-refractivity contribution in [1.82, 2.24) is 25.6 Å². The summed E-state index contributed by atoms with van der Waals surface area (Å²) in [5.41, 5.74) is 1.59. The largest absolute Gasteiger partial charge is 0.489 e. The van der Waals surface area contributed by atoms with Crippen LogP contribution < -0.4 is 25.4 Å². The maximum Gasteiger partial charge on any atom is 0.422 e. The number of alkyl carbamates (subject to hydrolysis) is 1. The van der Waals surface area contributed by atoms with Gasteiger partial charge in [-0.1, -0.05) is 44.7 Å². The molecule has 0 unspecified atom stereocenters. The minimum absolute atomic E-state index is 0.0284. The standard InChI is InChI=1S/C34H42ClF3N6O5/c1-22(16-35)18-47-26-13-9-24(10-14-26)17-39-29-42-27(43-30(44-29)48-21-34(36,37)38)15-23-7-11-25(12-8-23)28(45)40-19-33(5,6)20-41-31(46)49-32(2,3)4/h7-14H,1,15-21H2,2-6H3,(H,40,45)(H,41,46)(H,39,42,43,44). The molecule has 15 heteroatoms. The molecule has 3 N–H and O–H groups in total. The Hall–Kier alpha value is -4.59. The number of alkyl halides is 4. The van der Waals surface area contributed by atoms with Crippen LogP contribution in [0.25, 0.3) is 0 Å². The lowest BCUT2D eigenvalue weighted by Crippen LogP contribution is -2.43. The van der Waals surface area contributed by atoms with Crippen LogP contribution in [0.1, 0.15) is 61.9 Å². The molecule has 1 heterocycles. The molecule has 49 heavy (non-hydrogen) atoms. The highest BCUT2D eigenvalue weighted by Gasteiger charge is 2.29. The Morgan fingerprint density at radius 1 is 0.857 bits per heavy atom. The number of carbonyl (C=O) groups excluding carboxylic acids is 2. The molecule has 11 nitrogen and oxygen atoms in total. The Balaban J connectivity index is 1.62. The molecular formula is C34H42ClF3N6O5. The lowest BCUT2D eigenvalue weighted by Gasteiger charge is -2.26. The summed E-state index contributed by atoms with van der Waals surface area (Å²) in [5, 5.41) is 8.58. The summed E-state index contributed by atoms with van der Waals surface area (Å²) in [5.74, 6) is 0.798. The normalized spacial score (nSPS) is 11.8. The maximum absolute atomic E-state index is 12.9. The molecule has 0 saturated heterocycles. The molecular weight excluding hydrogens is 665 g/mol. The van der Waals surface area contributed by atoms with Crippen molar-refractivity contribution in [2.24, 2.45) is 5.41 Å². The minimum Gasteiger partial charge on any atom is -0.489 e. The molecule has 0 bridgehead atoms. The van der Waals surface area contributed by atoms with Gasteiger partial charge in [0, 0.05) is 37.5 Å². The number of anilines is 1. The van der Waals surface area contributed by atoms with Gasteiger partial charge in [0.25, 0.3) is 5.91 Å². The monoisotopic (exact) mass is 706 g/mol. The number of hydrogen-bond donors (Lipinski definition) is 3. The first-order chi connectivity index (χ1) is 22.9. The molecule has 266 valence electrons.